The first-order chi connectivity index (χ1) is 8.06. The van der Waals surface area contributed by atoms with Crippen LogP contribution in [0.5, 0.6) is 0 Å². The standard InChI is InChI=1S/C9H13N3O4S/c1-2-16-9(13)8-7(10-12-11-8)6-4-3-5-17(6,14)15/h6H,2-5H2,1H3,(H,10,11,12). The van der Waals surface area contributed by atoms with E-state index in [1.807, 2.05) is 0 Å². The van der Waals surface area contributed by atoms with Crippen LogP contribution in [0, 0.1) is 0 Å². The first-order valence-electron chi connectivity index (χ1n) is 5.35. The van der Waals surface area contributed by atoms with Crippen molar-refractivity contribution in [3.8, 4) is 0 Å². The van der Waals surface area contributed by atoms with Gasteiger partial charge in [0, 0.05) is 0 Å². The number of aromatic amines is 1. The van der Waals surface area contributed by atoms with E-state index < -0.39 is 21.1 Å². The number of carbonyl (C=O) groups excluding carboxylic acids is 1. The highest BCUT2D eigenvalue weighted by Crippen LogP contribution is 2.34. The molecule has 17 heavy (non-hydrogen) atoms. The molecule has 0 spiro atoms. The van der Waals surface area contributed by atoms with Crippen LogP contribution in [-0.4, -0.2) is 42.2 Å². The molecule has 0 radical (unpaired) electrons. The third-order valence-electron chi connectivity index (χ3n) is 2.68. The minimum Gasteiger partial charge on any atom is -0.461 e. The molecule has 2 heterocycles. The van der Waals surface area contributed by atoms with Gasteiger partial charge in [0.15, 0.2) is 15.5 Å². The molecule has 0 bridgehead atoms. The summed E-state index contributed by atoms with van der Waals surface area (Å²) in [4.78, 5) is 11.6. The maximum absolute atomic E-state index is 11.8. The van der Waals surface area contributed by atoms with Crippen LogP contribution in [0.3, 0.4) is 0 Å². The van der Waals surface area contributed by atoms with Gasteiger partial charge in [0.1, 0.15) is 10.9 Å². The molecule has 1 atom stereocenters. The minimum absolute atomic E-state index is 0.0256. The van der Waals surface area contributed by atoms with E-state index in [0.717, 1.165) is 0 Å². The number of rotatable bonds is 3. The fourth-order valence-corrected chi connectivity index (χ4v) is 3.80. The Kier molecular flexibility index (Phi) is 3.14. The zero-order valence-electron chi connectivity index (χ0n) is 9.34. The van der Waals surface area contributed by atoms with Crippen LogP contribution < -0.4 is 0 Å². The van der Waals surface area contributed by atoms with E-state index in [1.165, 1.54) is 0 Å². The molecule has 1 aliphatic heterocycles. The van der Waals surface area contributed by atoms with Gasteiger partial charge < -0.3 is 4.74 Å². The predicted octanol–water partition coefficient (Wildman–Crippen LogP) is 0.231. The largest absolute Gasteiger partial charge is 0.461 e. The van der Waals surface area contributed by atoms with Crippen LogP contribution in [0.2, 0.25) is 0 Å². The zero-order valence-corrected chi connectivity index (χ0v) is 10.2. The summed E-state index contributed by atoms with van der Waals surface area (Å²) in [6, 6.07) is 0. The summed E-state index contributed by atoms with van der Waals surface area (Å²) in [5.74, 6) is -0.509. The molecule has 0 amide bonds. The molecular formula is C9H13N3O4S. The molecule has 1 fully saturated rings. The molecule has 1 N–H and O–H groups in total. The molecule has 0 saturated carbocycles. The number of carbonyl (C=O) groups is 1. The molecule has 0 aromatic carbocycles. The van der Waals surface area contributed by atoms with Crippen molar-refractivity contribution in [1.29, 1.82) is 0 Å². The number of esters is 1. The van der Waals surface area contributed by atoms with Gasteiger partial charge in [-0.05, 0) is 19.8 Å². The molecular weight excluding hydrogens is 246 g/mol. The Morgan fingerprint density at radius 1 is 1.53 bits per heavy atom. The summed E-state index contributed by atoms with van der Waals surface area (Å²) in [5.41, 5.74) is 0.156. The second-order valence-corrected chi connectivity index (χ2v) is 6.08. The second-order valence-electron chi connectivity index (χ2n) is 3.78. The average molecular weight is 259 g/mol. The summed E-state index contributed by atoms with van der Waals surface area (Å²) in [7, 11) is -3.21. The molecule has 1 unspecified atom stereocenters. The van der Waals surface area contributed by atoms with E-state index >= 15 is 0 Å². The van der Waals surface area contributed by atoms with Crippen LogP contribution >= 0.6 is 0 Å². The highest BCUT2D eigenvalue weighted by atomic mass is 32.2. The van der Waals surface area contributed by atoms with Gasteiger partial charge in [0.2, 0.25) is 0 Å². The van der Waals surface area contributed by atoms with Crippen molar-refractivity contribution in [2.45, 2.75) is 25.0 Å². The van der Waals surface area contributed by atoms with E-state index in [2.05, 4.69) is 15.4 Å². The normalized spacial score (nSPS) is 22.5. The Labute approximate surface area is 98.5 Å². The van der Waals surface area contributed by atoms with Gasteiger partial charge in [-0.3, -0.25) is 0 Å². The number of hydrogen-bond acceptors (Lipinski definition) is 6. The Balaban J connectivity index is 2.34. The highest BCUT2D eigenvalue weighted by Gasteiger charge is 2.38. The quantitative estimate of drug-likeness (QED) is 0.780. The van der Waals surface area contributed by atoms with Gasteiger partial charge in [-0.25, -0.2) is 13.2 Å². The van der Waals surface area contributed by atoms with Gasteiger partial charge >= 0.3 is 5.97 Å². The fourth-order valence-electron chi connectivity index (χ4n) is 1.91. The molecule has 94 valence electrons. The number of nitrogens with one attached hydrogen (secondary N) is 1. The lowest BCUT2D eigenvalue weighted by Crippen LogP contribution is -2.14. The van der Waals surface area contributed by atoms with Crippen molar-refractivity contribution in [2.75, 3.05) is 12.4 Å². The Bertz CT molecular complexity index is 522. The molecule has 1 saturated heterocycles. The summed E-state index contributed by atoms with van der Waals surface area (Å²) in [6.07, 6.45) is 1.06. The monoisotopic (exact) mass is 259 g/mol. The molecule has 1 aromatic rings. The maximum atomic E-state index is 11.8. The molecule has 8 heteroatoms. The van der Waals surface area contributed by atoms with Crippen molar-refractivity contribution >= 4 is 15.8 Å². The Hall–Kier alpha value is -1.44. The van der Waals surface area contributed by atoms with Gasteiger partial charge in [-0.15, -0.1) is 5.10 Å². The summed E-state index contributed by atoms with van der Waals surface area (Å²) in [6.45, 7) is 1.88. The van der Waals surface area contributed by atoms with E-state index in [4.69, 9.17) is 4.74 Å². The number of nitrogens with zero attached hydrogens (tertiary/aromatic N) is 2. The van der Waals surface area contributed by atoms with Crippen LogP contribution in [0.4, 0.5) is 0 Å². The van der Waals surface area contributed by atoms with Crippen molar-refractivity contribution < 1.29 is 17.9 Å². The Morgan fingerprint density at radius 2 is 2.29 bits per heavy atom. The first-order valence-corrected chi connectivity index (χ1v) is 7.07. The van der Waals surface area contributed by atoms with E-state index in [0.29, 0.717) is 12.8 Å². The number of sulfone groups is 1. The Morgan fingerprint density at radius 3 is 2.88 bits per heavy atom. The SMILES string of the molecule is CCOC(=O)c1n[nH]nc1C1CCCS1(=O)=O. The van der Waals surface area contributed by atoms with E-state index in [1.54, 1.807) is 6.92 Å². The predicted molar refractivity (Wildman–Crippen MR) is 58.1 cm³/mol. The van der Waals surface area contributed by atoms with Crippen molar-refractivity contribution in [1.82, 2.24) is 15.4 Å². The summed E-state index contributed by atoms with van der Waals surface area (Å²) < 4.78 is 28.3. The first kappa shape index (κ1) is 12.0. The molecule has 1 aromatic heterocycles. The van der Waals surface area contributed by atoms with Crippen molar-refractivity contribution in [3.05, 3.63) is 11.4 Å². The number of ether oxygens (including phenoxy) is 1. The second kappa shape index (κ2) is 4.44. The topological polar surface area (TPSA) is 102 Å². The third kappa shape index (κ3) is 2.17. The van der Waals surface area contributed by atoms with Crippen LogP contribution in [0.15, 0.2) is 0 Å². The third-order valence-corrected chi connectivity index (χ3v) is 4.86. The lowest BCUT2D eigenvalue weighted by molar-refractivity contribution is 0.0518. The van der Waals surface area contributed by atoms with Crippen LogP contribution in [0.25, 0.3) is 0 Å². The summed E-state index contributed by atoms with van der Waals surface area (Å²) >= 11 is 0. The average Bonchev–Trinajstić information content (AvgIpc) is 2.83. The lowest BCUT2D eigenvalue weighted by atomic mass is 10.1. The smallest absolute Gasteiger partial charge is 0.360 e. The van der Waals surface area contributed by atoms with Crippen molar-refractivity contribution in [2.24, 2.45) is 0 Å². The van der Waals surface area contributed by atoms with Gasteiger partial charge in [0.05, 0.1) is 12.4 Å². The molecule has 7 nitrogen and oxygen atoms in total. The molecule has 2 rings (SSSR count). The van der Waals surface area contributed by atoms with Crippen molar-refractivity contribution in [3.63, 3.8) is 0 Å². The molecule has 1 aliphatic rings. The van der Waals surface area contributed by atoms with E-state index in [9.17, 15) is 13.2 Å². The fraction of sp³-hybridized carbons (Fsp3) is 0.667. The molecule has 0 aliphatic carbocycles. The number of aromatic nitrogens is 3. The van der Waals surface area contributed by atoms with Crippen LogP contribution in [0.1, 0.15) is 41.2 Å². The zero-order chi connectivity index (χ0) is 12.5. The number of H-pyrrole nitrogens is 1. The number of hydrogen-bond donors (Lipinski definition) is 1. The van der Waals surface area contributed by atoms with Gasteiger partial charge in [0.25, 0.3) is 0 Å². The lowest BCUT2D eigenvalue weighted by Gasteiger charge is -2.06. The minimum atomic E-state index is -3.21. The summed E-state index contributed by atoms with van der Waals surface area (Å²) in [5, 5.41) is 9.00. The van der Waals surface area contributed by atoms with E-state index in [-0.39, 0.29) is 23.7 Å². The maximum Gasteiger partial charge on any atom is 0.360 e. The van der Waals surface area contributed by atoms with Gasteiger partial charge in [-0.2, -0.15) is 10.3 Å². The van der Waals surface area contributed by atoms with Gasteiger partial charge in [-0.1, -0.05) is 0 Å². The van der Waals surface area contributed by atoms with Crippen LogP contribution in [-0.2, 0) is 14.6 Å². The highest BCUT2D eigenvalue weighted by molar-refractivity contribution is 7.91.